The largest absolute Gasteiger partial charge is 0.310 e. The fourth-order valence-electron chi connectivity index (χ4n) is 12.1. The Morgan fingerprint density at radius 3 is 1.82 bits per heavy atom. The van der Waals surface area contributed by atoms with Gasteiger partial charge in [0.1, 0.15) is 0 Å². The predicted molar refractivity (Wildman–Crippen MR) is 205 cm³/mol. The number of nitrogens with zero attached hydrogens (tertiary/aromatic N) is 1. The summed E-state index contributed by atoms with van der Waals surface area (Å²) in [5.41, 5.74) is 16.2. The summed E-state index contributed by atoms with van der Waals surface area (Å²) in [5, 5.41) is 0. The molecule has 11 rings (SSSR count). The molecule has 0 aliphatic heterocycles. The summed E-state index contributed by atoms with van der Waals surface area (Å²) >= 11 is 0. The third-order valence-corrected chi connectivity index (χ3v) is 14.1. The zero-order valence-electron chi connectivity index (χ0n) is 29.7. The van der Waals surface area contributed by atoms with Crippen molar-refractivity contribution >= 4 is 17.1 Å². The van der Waals surface area contributed by atoms with Crippen molar-refractivity contribution in [2.24, 2.45) is 23.7 Å². The number of para-hydroxylation sites is 1. The zero-order chi connectivity index (χ0) is 33.1. The van der Waals surface area contributed by atoms with Gasteiger partial charge in [0.15, 0.2) is 0 Å². The fourth-order valence-corrected chi connectivity index (χ4v) is 12.1. The molecule has 5 aromatic carbocycles. The first kappa shape index (κ1) is 29.8. The number of hydrogen-bond acceptors (Lipinski definition) is 1. The Kier molecular flexibility index (Phi) is 6.36. The molecule has 1 nitrogen and oxygen atoms in total. The summed E-state index contributed by atoms with van der Waals surface area (Å²) in [4.78, 5) is 2.66. The Morgan fingerprint density at radius 2 is 1.12 bits per heavy atom. The molecule has 6 aliphatic carbocycles. The first-order valence-corrected chi connectivity index (χ1v) is 19.1. The average molecular weight is 640 g/mol. The molecule has 0 heterocycles. The molecule has 0 saturated heterocycles. The van der Waals surface area contributed by atoms with E-state index in [4.69, 9.17) is 0 Å². The van der Waals surface area contributed by atoms with Gasteiger partial charge in [-0.25, -0.2) is 0 Å². The van der Waals surface area contributed by atoms with Crippen molar-refractivity contribution in [3.05, 3.63) is 138 Å². The van der Waals surface area contributed by atoms with E-state index in [2.05, 4.69) is 148 Å². The second-order valence-electron chi connectivity index (χ2n) is 17.6. The maximum absolute atomic E-state index is 2.66. The molecule has 5 aromatic rings. The lowest BCUT2D eigenvalue weighted by Crippen LogP contribution is -2.55. The molecule has 0 aromatic heterocycles. The zero-order valence-corrected chi connectivity index (χ0v) is 29.7. The standard InChI is InChI=1S/C48H49N/c1-46(2)23-24-47(3,4)45-40(46)18-12-20-43(45)49(37-15-9-6-10-16-37)42-19-11-17-39-44(42)38-22-21-34(33-13-7-5-8-14-33)30-41(38)48(39)35-26-31-25-32(28-35)29-36(48)27-31/h5-22,30-32,35-36H,23-29H2,1-4H3. The molecular weight excluding hydrogens is 591 g/mol. The summed E-state index contributed by atoms with van der Waals surface area (Å²) in [6.45, 7) is 9.86. The first-order chi connectivity index (χ1) is 23.8. The van der Waals surface area contributed by atoms with E-state index >= 15 is 0 Å². The SMILES string of the molecule is CC1(C)CCC(C)(C)c2c(N(c3ccccc3)c3cccc4c3-c3ccc(-c5ccccc5)cc3C43C4CC5CC(C4)CC3C5)cccc21. The second-order valence-corrected chi connectivity index (χ2v) is 17.6. The highest BCUT2D eigenvalue weighted by molar-refractivity contribution is 5.97. The third-order valence-electron chi connectivity index (χ3n) is 14.1. The van der Waals surface area contributed by atoms with Crippen LogP contribution in [0.1, 0.15) is 94.9 Å². The van der Waals surface area contributed by atoms with Crippen LogP contribution in [0.15, 0.2) is 115 Å². The van der Waals surface area contributed by atoms with Crippen LogP contribution in [-0.2, 0) is 16.2 Å². The summed E-state index contributed by atoms with van der Waals surface area (Å²) < 4.78 is 0. The van der Waals surface area contributed by atoms with Gasteiger partial charge in [-0.2, -0.15) is 0 Å². The van der Waals surface area contributed by atoms with E-state index in [1.165, 1.54) is 95.4 Å². The highest BCUT2D eigenvalue weighted by Gasteiger charge is 2.62. The molecule has 0 amide bonds. The van der Waals surface area contributed by atoms with E-state index in [1.54, 1.807) is 11.1 Å². The maximum atomic E-state index is 2.66. The monoisotopic (exact) mass is 639 g/mol. The first-order valence-electron chi connectivity index (χ1n) is 19.1. The van der Waals surface area contributed by atoms with Crippen molar-refractivity contribution in [2.45, 2.75) is 88.9 Å². The van der Waals surface area contributed by atoms with Crippen LogP contribution in [0.5, 0.6) is 0 Å². The Bertz CT molecular complexity index is 2060. The minimum Gasteiger partial charge on any atom is -0.310 e. The molecule has 4 fully saturated rings. The number of fused-ring (bicyclic) bond motifs is 4. The lowest BCUT2D eigenvalue weighted by molar-refractivity contribution is -0.0399. The van der Waals surface area contributed by atoms with Gasteiger partial charge in [-0.15, -0.1) is 0 Å². The predicted octanol–water partition coefficient (Wildman–Crippen LogP) is 12.9. The number of benzene rings is 5. The Hall–Kier alpha value is -4.10. The van der Waals surface area contributed by atoms with Gasteiger partial charge in [0.25, 0.3) is 0 Å². The van der Waals surface area contributed by atoms with Crippen LogP contribution in [-0.4, -0.2) is 0 Å². The molecule has 1 spiro atoms. The van der Waals surface area contributed by atoms with Gasteiger partial charge in [0, 0.05) is 16.7 Å². The van der Waals surface area contributed by atoms with Gasteiger partial charge < -0.3 is 4.90 Å². The van der Waals surface area contributed by atoms with E-state index in [0.29, 0.717) is 0 Å². The van der Waals surface area contributed by atoms with E-state index in [9.17, 15) is 0 Å². The normalized spacial score (nSPS) is 27.8. The van der Waals surface area contributed by atoms with Crippen molar-refractivity contribution in [2.75, 3.05) is 4.90 Å². The van der Waals surface area contributed by atoms with Crippen LogP contribution in [0.25, 0.3) is 22.3 Å². The topological polar surface area (TPSA) is 3.24 Å². The minimum atomic E-state index is 0.0809. The lowest BCUT2D eigenvalue weighted by Gasteiger charge is -2.61. The van der Waals surface area contributed by atoms with Gasteiger partial charge in [0.2, 0.25) is 0 Å². The van der Waals surface area contributed by atoms with E-state index in [0.717, 1.165) is 23.7 Å². The third kappa shape index (κ3) is 4.17. The second kappa shape index (κ2) is 10.5. The number of hydrogen-bond donors (Lipinski definition) is 0. The molecule has 4 bridgehead atoms. The number of anilines is 3. The summed E-state index contributed by atoms with van der Waals surface area (Å²) in [7, 11) is 0. The van der Waals surface area contributed by atoms with Gasteiger partial charge in [-0.1, -0.05) is 113 Å². The highest BCUT2D eigenvalue weighted by atomic mass is 15.1. The van der Waals surface area contributed by atoms with Crippen LogP contribution >= 0.6 is 0 Å². The van der Waals surface area contributed by atoms with Crippen molar-refractivity contribution in [1.82, 2.24) is 0 Å². The lowest BCUT2D eigenvalue weighted by atomic mass is 9.43. The van der Waals surface area contributed by atoms with Crippen LogP contribution in [0.3, 0.4) is 0 Å². The van der Waals surface area contributed by atoms with Crippen molar-refractivity contribution < 1.29 is 0 Å². The molecule has 0 unspecified atom stereocenters. The quantitative estimate of drug-likeness (QED) is 0.189. The average Bonchev–Trinajstić information content (AvgIpc) is 3.41. The Morgan fingerprint density at radius 1 is 0.510 bits per heavy atom. The highest BCUT2D eigenvalue weighted by Crippen LogP contribution is 2.70. The molecule has 0 radical (unpaired) electrons. The van der Waals surface area contributed by atoms with Gasteiger partial charge in [0.05, 0.1) is 11.4 Å². The minimum absolute atomic E-state index is 0.0809. The van der Waals surface area contributed by atoms with Crippen LogP contribution < -0.4 is 4.90 Å². The van der Waals surface area contributed by atoms with Gasteiger partial charge >= 0.3 is 0 Å². The molecule has 0 N–H and O–H groups in total. The van der Waals surface area contributed by atoms with Gasteiger partial charge in [-0.3, -0.25) is 0 Å². The summed E-state index contributed by atoms with van der Waals surface area (Å²) in [6.07, 6.45) is 9.45. The molecule has 49 heavy (non-hydrogen) atoms. The van der Waals surface area contributed by atoms with E-state index in [-0.39, 0.29) is 16.2 Å². The summed E-state index contributed by atoms with van der Waals surface area (Å²) in [5.74, 6) is 3.28. The maximum Gasteiger partial charge on any atom is 0.0543 e. The molecular formula is C48H49N. The molecule has 6 aliphatic rings. The van der Waals surface area contributed by atoms with E-state index in [1.807, 2.05) is 0 Å². The van der Waals surface area contributed by atoms with Crippen LogP contribution in [0, 0.1) is 23.7 Å². The van der Waals surface area contributed by atoms with Crippen molar-refractivity contribution in [3.63, 3.8) is 0 Å². The van der Waals surface area contributed by atoms with Crippen molar-refractivity contribution in [3.8, 4) is 22.3 Å². The molecule has 246 valence electrons. The molecule has 1 heteroatoms. The van der Waals surface area contributed by atoms with Crippen molar-refractivity contribution in [1.29, 1.82) is 0 Å². The van der Waals surface area contributed by atoms with Gasteiger partial charge in [-0.05, 0) is 149 Å². The van der Waals surface area contributed by atoms with Crippen LogP contribution in [0.2, 0.25) is 0 Å². The fraction of sp³-hybridized carbons (Fsp3) is 0.375. The molecule has 0 atom stereocenters. The van der Waals surface area contributed by atoms with Crippen LogP contribution in [0.4, 0.5) is 17.1 Å². The number of rotatable bonds is 4. The Balaban J connectivity index is 1.27. The smallest absolute Gasteiger partial charge is 0.0543 e. The van der Waals surface area contributed by atoms with E-state index < -0.39 is 0 Å². The Labute approximate surface area is 293 Å². The molecule has 4 saturated carbocycles. The summed E-state index contributed by atoms with van der Waals surface area (Å²) in [6, 6.07) is 44.5.